The minimum absolute atomic E-state index is 0.797. The normalized spacial score (nSPS) is 8.94. The van der Waals surface area contributed by atoms with Gasteiger partial charge in [0.25, 0.3) is 0 Å². The summed E-state index contributed by atoms with van der Waals surface area (Å²) in [5.41, 5.74) is 2.21. The fourth-order valence-corrected chi connectivity index (χ4v) is 1.59. The van der Waals surface area contributed by atoms with Crippen LogP contribution in [0.2, 0.25) is 5.02 Å². The van der Waals surface area contributed by atoms with E-state index < -0.39 is 0 Å². The summed E-state index contributed by atoms with van der Waals surface area (Å²) in [5.74, 6) is 0. The van der Waals surface area contributed by atoms with E-state index >= 15 is 0 Å². The van der Waals surface area contributed by atoms with E-state index in [-0.39, 0.29) is 0 Å². The molecule has 0 aliphatic rings. The number of nitrogens with zero attached hydrogens (tertiary/aromatic N) is 2. The van der Waals surface area contributed by atoms with E-state index in [0.717, 1.165) is 21.5 Å². The lowest BCUT2D eigenvalue weighted by Gasteiger charge is -2.00. The highest BCUT2D eigenvalue weighted by Crippen LogP contribution is 2.24. The Morgan fingerprint density at radius 2 is 1.69 bits per heavy atom. The molecule has 0 unspecified atom stereocenters. The maximum Gasteiger partial charge on any atom is 0.0723 e. The molecule has 0 spiro atoms. The summed E-state index contributed by atoms with van der Waals surface area (Å²) in [5, 5.41) is 6.09. The zero-order valence-corrected chi connectivity index (χ0v) is 11.8. The van der Waals surface area contributed by atoms with Crippen molar-refractivity contribution in [1.82, 2.24) is 9.78 Å². The molecule has 0 amide bonds. The summed E-state index contributed by atoms with van der Waals surface area (Å²) < 4.78 is 1.84. The predicted molar refractivity (Wildman–Crippen MR) is 73.2 cm³/mol. The number of fused-ring (bicyclic) bond motifs is 1. The molecule has 0 radical (unpaired) electrons. The molecule has 16 heavy (non-hydrogen) atoms. The number of halogens is 1. The highest BCUT2D eigenvalue weighted by atomic mass is 35.5. The monoisotopic (exact) mass is 240 g/mol. The van der Waals surface area contributed by atoms with Gasteiger partial charge in [-0.2, -0.15) is 5.10 Å². The molecule has 1 heterocycles. The lowest BCUT2D eigenvalue weighted by atomic mass is 10.2. The fraction of sp³-hybridized carbons (Fsp3) is 0.462. The van der Waals surface area contributed by atoms with Crippen molar-refractivity contribution in [2.45, 2.75) is 34.6 Å². The largest absolute Gasteiger partial charge is 0.268 e. The van der Waals surface area contributed by atoms with Crippen LogP contribution < -0.4 is 0 Å². The SMILES string of the molecule is CC.CC.Cc1c(Cl)ccc2cnn(C)c12. The molecule has 0 fully saturated rings. The highest BCUT2D eigenvalue weighted by molar-refractivity contribution is 6.32. The number of aromatic nitrogens is 2. The third-order valence-electron chi connectivity index (χ3n) is 2.09. The Kier molecular flexibility index (Phi) is 6.82. The lowest BCUT2D eigenvalue weighted by molar-refractivity contribution is 0.794. The van der Waals surface area contributed by atoms with E-state index in [1.54, 1.807) is 0 Å². The molecular weight excluding hydrogens is 220 g/mol. The maximum absolute atomic E-state index is 5.98. The van der Waals surface area contributed by atoms with Gasteiger partial charge < -0.3 is 0 Å². The first-order valence-electron chi connectivity index (χ1n) is 5.77. The first kappa shape index (κ1) is 15.0. The van der Waals surface area contributed by atoms with Gasteiger partial charge in [0.15, 0.2) is 0 Å². The third-order valence-corrected chi connectivity index (χ3v) is 2.50. The van der Waals surface area contributed by atoms with Crippen molar-refractivity contribution in [3.63, 3.8) is 0 Å². The molecule has 0 bridgehead atoms. The van der Waals surface area contributed by atoms with Crippen molar-refractivity contribution < 1.29 is 0 Å². The molecule has 2 nitrogen and oxygen atoms in total. The van der Waals surface area contributed by atoms with Gasteiger partial charge in [-0.3, -0.25) is 4.68 Å². The maximum atomic E-state index is 5.98. The molecule has 0 aliphatic carbocycles. The van der Waals surface area contributed by atoms with Crippen molar-refractivity contribution in [2.24, 2.45) is 7.05 Å². The molecule has 0 atom stereocenters. The van der Waals surface area contributed by atoms with Gasteiger partial charge in [-0.15, -0.1) is 0 Å². The number of rotatable bonds is 0. The second-order valence-electron chi connectivity index (χ2n) is 2.88. The van der Waals surface area contributed by atoms with Crippen LogP contribution in [0.15, 0.2) is 18.3 Å². The quantitative estimate of drug-likeness (QED) is 0.659. The minimum Gasteiger partial charge on any atom is -0.268 e. The van der Waals surface area contributed by atoms with E-state index in [1.165, 1.54) is 0 Å². The van der Waals surface area contributed by atoms with E-state index in [2.05, 4.69) is 5.10 Å². The first-order valence-corrected chi connectivity index (χ1v) is 6.15. The Morgan fingerprint density at radius 1 is 1.12 bits per heavy atom. The van der Waals surface area contributed by atoms with Crippen LogP contribution in [-0.2, 0) is 7.05 Å². The van der Waals surface area contributed by atoms with E-state index in [1.807, 2.05) is 64.7 Å². The smallest absolute Gasteiger partial charge is 0.0723 e. The highest BCUT2D eigenvalue weighted by Gasteiger charge is 2.04. The molecule has 1 aromatic carbocycles. The van der Waals surface area contributed by atoms with Crippen LogP contribution >= 0.6 is 11.6 Å². The molecule has 0 saturated carbocycles. The number of hydrogen-bond donors (Lipinski definition) is 0. The van der Waals surface area contributed by atoms with Crippen molar-refractivity contribution >= 4 is 22.5 Å². The summed E-state index contributed by atoms with van der Waals surface area (Å²) in [6, 6.07) is 3.89. The van der Waals surface area contributed by atoms with Crippen LogP contribution in [0.3, 0.4) is 0 Å². The molecule has 2 rings (SSSR count). The van der Waals surface area contributed by atoms with Crippen LogP contribution in [0.1, 0.15) is 33.3 Å². The van der Waals surface area contributed by atoms with Crippen LogP contribution in [0.25, 0.3) is 10.9 Å². The van der Waals surface area contributed by atoms with Gasteiger partial charge in [0.2, 0.25) is 0 Å². The minimum atomic E-state index is 0.797. The van der Waals surface area contributed by atoms with Gasteiger partial charge >= 0.3 is 0 Å². The van der Waals surface area contributed by atoms with Gasteiger partial charge in [0.05, 0.1) is 11.7 Å². The molecular formula is C13H21ClN2. The Bertz CT molecular complexity index is 433. The molecule has 2 aromatic rings. The van der Waals surface area contributed by atoms with Gasteiger partial charge in [-0.1, -0.05) is 39.3 Å². The molecule has 1 aromatic heterocycles. The zero-order valence-electron chi connectivity index (χ0n) is 11.0. The summed E-state index contributed by atoms with van der Waals surface area (Å²) in [6.07, 6.45) is 1.85. The van der Waals surface area contributed by atoms with Gasteiger partial charge in [-0.05, 0) is 24.6 Å². The summed E-state index contributed by atoms with van der Waals surface area (Å²) in [4.78, 5) is 0. The fourth-order valence-electron chi connectivity index (χ4n) is 1.44. The number of aryl methyl sites for hydroxylation is 2. The second-order valence-corrected chi connectivity index (χ2v) is 3.29. The first-order chi connectivity index (χ1) is 7.70. The summed E-state index contributed by atoms with van der Waals surface area (Å²) in [7, 11) is 1.92. The lowest BCUT2D eigenvalue weighted by Crippen LogP contribution is -1.91. The summed E-state index contributed by atoms with van der Waals surface area (Å²) >= 11 is 5.98. The topological polar surface area (TPSA) is 17.8 Å². The zero-order chi connectivity index (χ0) is 12.7. The molecule has 0 aliphatic heterocycles. The van der Waals surface area contributed by atoms with E-state index in [9.17, 15) is 0 Å². The number of hydrogen-bond acceptors (Lipinski definition) is 1. The number of benzene rings is 1. The average molecular weight is 241 g/mol. The van der Waals surface area contributed by atoms with Crippen molar-refractivity contribution in [3.05, 3.63) is 28.9 Å². The van der Waals surface area contributed by atoms with Gasteiger partial charge in [-0.25, -0.2) is 0 Å². The van der Waals surface area contributed by atoms with Gasteiger partial charge in [0, 0.05) is 17.5 Å². The van der Waals surface area contributed by atoms with Crippen molar-refractivity contribution in [1.29, 1.82) is 0 Å². The van der Waals surface area contributed by atoms with Gasteiger partial charge in [0.1, 0.15) is 0 Å². The Morgan fingerprint density at radius 3 is 2.25 bits per heavy atom. The van der Waals surface area contributed by atoms with Crippen molar-refractivity contribution in [2.75, 3.05) is 0 Å². The second kappa shape index (κ2) is 7.29. The van der Waals surface area contributed by atoms with E-state index in [0.29, 0.717) is 0 Å². The average Bonchev–Trinajstić information content (AvgIpc) is 2.72. The molecule has 0 saturated heterocycles. The van der Waals surface area contributed by atoms with Crippen LogP contribution in [0, 0.1) is 6.92 Å². The van der Waals surface area contributed by atoms with Crippen LogP contribution in [0.5, 0.6) is 0 Å². The molecule has 3 heteroatoms. The Balaban J connectivity index is 0.000000509. The van der Waals surface area contributed by atoms with Crippen LogP contribution in [-0.4, -0.2) is 9.78 Å². The molecule has 0 N–H and O–H groups in total. The van der Waals surface area contributed by atoms with Crippen molar-refractivity contribution in [3.8, 4) is 0 Å². The summed E-state index contributed by atoms with van der Waals surface area (Å²) in [6.45, 7) is 10.0. The molecule has 90 valence electrons. The predicted octanol–water partition coefficient (Wildman–Crippen LogP) is 4.59. The Labute approximate surface area is 103 Å². The van der Waals surface area contributed by atoms with E-state index in [4.69, 9.17) is 11.6 Å². The van der Waals surface area contributed by atoms with Crippen LogP contribution in [0.4, 0.5) is 0 Å². The Hall–Kier alpha value is -1.02. The third kappa shape index (κ3) is 2.99. The standard InChI is InChI=1S/C9H9ClN2.2C2H6/c1-6-8(10)4-3-7-5-11-12(2)9(6)7;2*1-2/h3-5H,1-2H3;2*1-2H3.